The Morgan fingerprint density at radius 3 is 2.88 bits per heavy atom. The maximum atomic E-state index is 10.7. The number of ether oxygens (including phenoxy) is 1. The highest BCUT2D eigenvalue weighted by Gasteiger charge is 2.54. The number of rotatable bonds is 2. The molecule has 0 spiro atoms. The lowest BCUT2D eigenvalue weighted by Crippen LogP contribution is -2.43. The number of hydrogen-bond acceptors (Lipinski definition) is 10. The van der Waals surface area contributed by atoms with E-state index >= 15 is 0 Å². The van der Waals surface area contributed by atoms with Gasteiger partial charge in [0.2, 0.25) is 0 Å². The quantitative estimate of drug-likeness (QED) is 0.712. The van der Waals surface area contributed by atoms with Gasteiger partial charge in [-0.25, -0.2) is 15.0 Å². The van der Waals surface area contributed by atoms with Gasteiger partial charge in [-0.15, -0.1) is 0 Å². The normalized spacial score (nSPS) is 39.2. The molecule has 2 aliphatic heterocycles. The summed E-state index contributed by atoms with van der Waals surface area (Å²) in [4.78, 5) is 12.3. The highest BCUT2D eigenvalue weighted by atomic mass is 32.5. The molecule has 0 saturated carbocycles. The SMILES string of the molecule is COP1(=S)O[C@H]2[C@@H](O)[C@H](n3cnc4c(N)ncnc43)O[C@@H]2[C@H](C)O1. The summed E-state index contributed by atoms with van der Waals surface area (Å²) in [7, 11) is 1.43. The van der Waals surface area contributed by atoms with Gasteiger partial charge in [-0.05, 0) is 18.7 Å². The van der Waals surface area contributed by atoms with E-state index in [2.05, 4.69) is 15.0 Å². The maximum Gasteiger partial charge on any atom is 0.327 e. The molecule has 12 heteroatoms. The monoisotopic (exact) mass is 373 g/mol. The zero-order valence-electron chi connectivity index (χ0n) is 12.8. The molecule has 0 aromatic carbocycles. The second kappa shape index (κ2) is 5.67. The van der Waals surface area contributed by atoms with Gasteiger partial charge < -0.3 is 24.6 Å². The van der Waals surface area contributed by atoms with E-state index in [-0.39, 0.29) is 11.9 Å². The van der Waals surface area contributed by atoms with Gasteiger partial charge in [-0.2, -0.15) is 0 Å². The van der Waals surface area contributed by atoms with Crippen LogP contribution in [-0.4, -0.2) is 56.2 Å². The first-order valence-corrected chi connectivity index (χ1v) is 9.78. The number of aliphatic hydroxyl groups excluding tert-OH is 1. The number of nitrogen functional groups attached to an aromatic ring is 1. The molecule has 0 bridgehead atoms. The smallest absolute Gasteiger partial charge is 0.327 e. The van der Waals surface area contributed by atoms with Gasteiger partial charge in [0.15, 0.2) is 17.7 Å². The molecule has 130 valence electrons. The predicted octanol–water partition coefficient (Wildman–Crippen LogP) is 0.342. The van der Waals surface area contributed by atoms with Gasteiger partial charge in [0, 0.05) is 7.11 Å². The van der Waals surface area contributed by atoms with Crippen molar-refractivity contribution in [3.63, 3.8) is 0 Å². The summed E-state index contributed by atoms with van der Waals surface area (Å²) >= 11 is 5.26. The molecular formula is C12H16N5O5PS. The number of anilines is 1. The number of fused-ring (bicyclic) bond motifs is 2. The fourth-order valence-electron chi connectivity index (χ4n) is 2.99. The number of nitrogens with two attached hydrogens (primary N) is 1. The number of aliphatic hydroxyl groups is 1. The molecule has 10 nitrogen and oxygen atoms in total. The maximum absolute atomic E-state index is 10.7. The van der Waals surface area contributed by atoms with Crippen LogP contribution in [0.2, 0.25) is 0 Å². The third-order valence-corrected chi connectivity index (χ3v) is 6.65. The third kappa shape index (κ3) is 2.36. The molecule has 24 heavy (non-hydrogen) atoms. The molecule has 4 heterocycles. The van der Waals surface area contributed by atoms with Gasteiger partial charge in [0.1, 0.15) is 30.2 Å². The third-order valence-electron chi connectivity index (χ3n) is 4.14. The minimum atomic E-state index is -2.89. The number of imidazole rings is 1. The minimum absolute atomic E-state index is 0.256. The van der Waals surface area contributed by atoms with Crippen molar-refractivity contribution in [2.45, 2.75) is 37.6 Å². The summed E-state index contributed by atoms with van der Waals surface area (Å²) < 4.78 is 24.1. The summed E-state index contributed by atoms with van der Waals surface area (Å²) in [6.45, 7) is -1.09. The van der Waals surface area contributed by atoms with E-state index in [1.54, 1.807) is 4.57 Å². The van der Waals surface area contributed by atoms with E-state index in [4.69, 9.17) is 35.8 Å². The Bertz CT molecular complexity index is 833. The molecule has 0 radical (unpaired) electrons. The summed E-state index contributed by atoms with van der Waals surface area (Å²) in [5.74, 6) is 0.256. The van der Waals surface area contributed by atoms with E-state index in [9.17, 15) is 5.11 Å². The molecular weight excluding hydrogens is 357 g/mol. The Kier molecular flexibility index (Phi) is 3.84. The van der Waals surface area contributed by atoms with Gasteiger partial charge in [-0.3, -0.25) is 9.09 Å². The average molecular weight is 373 g/mol. The van der Waals surface area contributed by atoms with E-state index < -0.39 is 31.3 Å². The van der Waals surface area contributed by atoms with Gasteiger partial charge in [0.25, 0.3) is 0 Å². The lowest BCUT2D eigenvalue weighted by Gasteiger charge is -2.36. The number of aromatic nitrogens is 4. The first-order chi connectivity index (χ1) is 11.4. The summed E-state index contributed by atoms with van der Waals surface area (Å²) in [6.07, 6.45) is -0.468. The highest BCUT2D eigenvalue weighted by molar-refractivity contribution is 8.07. The van der Waals surface area contributed by atoms with E-state index in [1.165, 1.54) is 19.8 Å². The average Bonchev–Trinajstić information content (AvgIpc) is 3.11. The van der Waals surface area contributed by atoms with Crippen molar-refractivity contribution in [1.29, 1.82) is 0 Å². The second-order valence-electron chi connectivity index (χ2n) is 5.58. The van der Waals surface area contributed by atoms with Crippen LogP contribution in [0.3, 0.4) is 0 Å². The molecule has 2 aromatic heterocycles. The molecule has 0 amide bonds. The van der Waals surface area contributed by atoms with E-state index in [1.807, 2.05) is 6.92 Å². The van der Waals surface area contributed by atoms with Crippen LogP contribution in [0.25, 0.3) is 11.2 Å². The van der Waals surface area contributed by atoms with Crippen LogP contribution in [0.4, 0.5) is 5.82 Å². The molecule has 2 saturated heterocycles. The van der Waals surface area contributed by atoms with E-state index in [0.29, 0.717) is 11.2 Å². The first-order valence-electron chi connectivity index (χ1n) is 7.22. The van der Waals surface area contributed by atoms with Crippen molar-refractivity contribution in [1.82, 2.24) is 19.5 Å². The van der Waals surface area contributed by atoms with Crippen LogP contribution >= 0.6 is 6.72 Å². The van der Waals surface area contributed by atoms with Crippen molar-refractivity contribution < 1.29 is 23.4 Å². The Hall–Kier alpha value is -1.20. The van der Waals surface area contributed by atoms with Gasteiger partial charge >= 0.3 is 6.72 Å². The predicted molar refractivity (Wildman–Crippen MR) is 86.4 cm³/mol. The van der Waals surface area contributed by atoms with Crippen LogP contribution < -0.4 is 5.73 Å². The van der Waals surface area contributed by atoms with Gasteiger partial charge in [-0.1, -0.05) is 0 Å². The molecule has 2 aromatic rings. The largest absolute Gasteiger partial charge is 0.386 e. The molecule has 3 N–H and O–H groups in total. The van der Waals surface area contributed by atoms with Crippen LogP contribution in [0.5, 0.6) is 0 Å². The topological polar surface area (TPSA) is 127 Å². The van der Waals surface area contributed by atoms with Crippen LogP contribution in [0, 0.1) is 0 Å². The molecule has 6 atom stereocenters. The Morgan fingerprint density at radius 1 is 1.33 bits per heavy atom. The van der Waals surface area contributed by atoms with Crippen molar-refractivity contribution in [3.8, 4) is 0 Å². The number of nitrogens with zero attached hydrogens (tertiary/aromatic N) is 4. The molecule has 2 aliphatic rings. The Labute approximate surface area is 142 Å². The summed E-state index contributed by atoms with van der Waals surface area (Å²) in [5.41, 5.74) is 6.70. The number of hydrogen-bond donors (Lipinski definition) is 2. The Morgan fingerprint density at radius 2 is 2.12 bits per heavy atom. The van der Waals surface area contributed by atoms with E-state index in [0.717, 1.165) is 0 Å². The second-order valence-corrected chi connectivity index (χ2v) is 8.60. The molecule has 4 rings (SSSR count). The van der Waals surface area contributed by atoms with Gasteiger partial charge in [0.05, 0.1) is 12.4 Å². The molecule has 0 aliphatic carbocycles. The van der Waals surface area contributed by atoms with Crippen LogP contribution in [-0.2, 0) is 30.1 Å². The minimum Gasteiger partial charge on any atom is -0.386 e. The summed E-state index contributed by atoms with van der Waals surface area (Å²) in [5, 5.41) is 10.7. The zero-order chi connectivity index (χ0) is 17.1. The highest BCUT2D eigenvalue weighted by Crippen LogP contribution is 2.58. The fourth-order valence-corrected chi connectivity index (χ4v) is 4.98. The van der Waals surface area contributed by atoms with Crippen LogP contribution in [0.1, 0.15) is 13.2 Å². The molecule has 2 fully saturated rings. The van der Waals surface area contributed by atoms with Crippen LogP contribution in [0.15, 0.2) is 12.7 Å². The lowest BCUT2D eigenvalue weighted by atomic mass is 10.1. The first kappa shape index (κ1) is 16.3. The lowest BCUT2D eigenvalue weighted by molar-refractivity contribution is -0.0922. The van der Waals surface area contributed by atoms with Crippen molar-refractivity contribution >= 4 is 35.5 Å². The standard InChI is InChI=1S/C12H16N5O5PS/c1-5-8-9(22-23(24,19-2)21-5)7(18)12(20-8)17-4-16-6-10(13)14-3-15-11(6)17/h3-5,7-9,12,18H,1-2H3,(H2,13,14,15)/t5-,7+,8+,9-,12+,23?/m0/s1. The Balaban J connectivity index is 1.71. The summed E-state index contributed by atoms with van der Waals surface area (Å²) in [6, 6.07) is 0. The van der Waals surface area contributed by atoms with Crippen molar-refractivity contribution in [2.75, 3.05) is 12.8 Å². The van der Waals surface area contributed by atoms with Crippen molar-refractivity contribution in [3.05, 3.63) is 12.7 Å². The zero-order valence-corrected chi connectivity index (χ0v) is 14.6. The fraction of sp³-hybridized carbons (Fsp3) is 0.583. The van der Waals surface area contributed by atoms with Crippen molar-refractivity contribution in [2.24, 2.45) is 0 Å². The molecule has 1 unspecified atom stereocenters.